The standard InChI is InChI=1S/C10H10O2S2/c1-7-6-9(8(2)14(7,11)12)10-4-3-5-13-10/h3-6H,1-2H3. The molecule has 0 aliphatic carbocycles. The highest BCUT2D eigenvalue weighted by molar-refractivity contribution is 7.99. The van der Waals surface area contributed by atoms with Crippen LogP contribution >= 0.6 is 11.3 Å². The maximum Gasteiger partial charge on any atom is 0.199 e. The van der Waals surface area contributed by atoms with Gasteiger partial charge in [-0.2, -0.15) is 0 Å². The quantitative estimate of drug-likeness (QED) is 0.738. The molecule has 0 spiro atoms. The van der Waals surface area contributed by atoms with Crippen molar-refractivity contribution in [1.29, 1.82) is 0 Å². The van der Waals surface area contributed by atoms with E-state index >= 15 is 0 Å². The van der Waals surface area contributed by atoms with Gasteiger partial charge in [-0.1, -0.05) is 6.07 Å². The van der Waals surface area contributed by atoms with E-state index < -0.39 is 9.84 Å². The van der Waals surface area contributed by atoms with E-state index in [2.05, 4.69) is 0 Å². The molecule has 14 heavy (non-hydrogen) atoms. The summed E-state index contributed by atoms with van der Waals surface area (Å²) in [5, 5.41) is 1.95. The van der Waals surface area contributed by atoms with Gasteiger partial charge in [0.05, 0.1) is 4.91 Å². The molecule has 0 saturated carbocycles. The van der Waals surface area contributed by atoms with E-state index in [0.717, 1.165) is 10.5 Å². The minimum Gasteiger partial charge on any atom is -0.219 e. The molecule has 1 aliphatic rings. The lowest BCUT2D eigenvalue weighted by Gasteiger charge is -1.98. The second-order valence-electron chi connectivity index (χ2n) is 3.21. The van der Waals surface area contributed by atoms with E-state index in [9.17, 15) is 8.42 Å². The van der Waals surface area contributed by atoms with Gasteiger partial charge in [-0.05, 0) is 31.4 Å². The summed E-state index contributed by atoms with van der Waals surface area (Å²) in [5.41, 5.74) is 0.845. The SMILES string of the molecule is CC1=CC(c2cccs2)=C(C)S1(=O)=O. The van der Waals surface area contributed by atoms with Crippen LogP contribution in [0.4, 0.5) is 0 Å². The highest BCUT2D eigenvalue weighted by Crippen LogP contribution is 2.36. The molecular weight excluding hydrogens is 216 g/mol. The van der Waals surface area contributed by atoms with Crippen LogP contribution in [0.25, 0.3) is 5.57 Å². The summed E-state index contributed by atoms with van der Waals surface area (Å²) in [4.78, 5) is 1.93. The smallest absolute Gasteiger partial charge is 0.199 e. The molecular formula is C10H10O2S2. The van der Waals surface area contributed by atoms with Crippen molar-refractivity contribution in [3.63, 3.8) is 0 Å². The van der Waals surface area contributed by atoms with Gasteiger partial charge in [-0.25, -0.2) is 8.42 Å². The predicted molar refractivity (Wildman–Crippen MR) is 59.6 cm³/mol. The summed E-state index contributed by atoms with van der Waals surface area (Å²) in [7, 11) is -3.13. The van der Waals surface area contributed by atoms with Crippen LogP contribution in [0.15, 0.2) is 33.4 Å². The molecule has 74 valence electrons. The predicted octanol–water partition coefficient (Wildman–Crippen LogP) is 2.81. The Morgan fingerprint density at radius 3 is 2.43 bits per heavy atom. The van der Waals surface area contributed by atoms with Crippen LogP contribution in [0.1, 0.15) is 18.7 Å². The molecule has 4 heteroatoms. The first-order chi connectivity index (χ1) is 6.53. The molecule has 2 heterocycles. The highest BCUT2D eigenvalue weighted by Gasteiger charge is 2.26. The van der Waals surface area contributed by atoms with Crippen LogP contribution in [-0.4, -0.2) is 8.42 Å². The fraction of sp³-hybridized carbons (Fsp3) is 0.200. The molecule has 1 aromatic rings. The van der Waals surface area contributed by atoms with Gasteiger partial charge in [-0.15, -0.1) is 11.3 Å². The summed E-state index contributed by atoms with van der Waals surface area (Å²) >= 11 is 1.56. The molecule has 0 unspecified atom stereocenters. The lowest BCUT2D eigenvalue weighted by Crippen LogP contribution is -1.97. The molecule has 0 amide bonds. The summed E-state index contributed by atoms with van der Waals surface area (Å²) in [6, 6.07) is 3.86. The summed E-state index contributed by atoms with van der Waals surface area (Å²) in [6.07, 6.45) is 1.75. The normalized spacial score (nSPS) is 20.0. The molecule has 0 atom stereocenters. The first-order valence-electron chi connectivity index (χ1n) is 4.21. The Labute approximate surface area is 87.5 Å². The van der Waals surface area contributed by atoms with E-state index in [-0.39, 0.29) is 0 Å². The average molecular weight is 226 g/mol. The second kappa shape index (κ2) is 3.07. The van der Waals surface area contributed by atoms with Crippen molar-refractivity contribution in [2.45, 2.75) is 13.8 Å². The lowest BCUT2D eigenvalue weighted by atomic mass is 10.2. The van der Waals surface area contributed by atoms with Gasteiger partial charge in [0.25, 0.3) is 0 Å². The maximum atomic E-state index is 11.7. The van der Waals surface area contributed by atoms with Gasteiger partial charge in [0.15, 0.2) is 9.84 Å². The third-order valence-electron chi connectivity index (χ3n) is 2.34. The van der Waals surface area contributed by atoms with Crippen molar-refractivity contribution < 1.29 is 8.42 Å². The molecule has 0 fully saturated rings. The van der Waals surface area contributed by atoms with Gasteiger partial charge < -0.3 is 0 Å². The molecule has 2 rings (SSSR count). The average Bonchev–Trinajstić information content (AvgIpc) is 2.69. The minimum absolute atomic E-state index is 0.443. The Morgan fingerprint density at radius 2 is 2.00 bits per heavy atom. The van der Waals surface area contributed by atoms with Gasteiger partial charge >= 0.3 is 0 Å². The number of sulfone groups is 1. The molecule has 0 aromatic carbocycles. The van der Waals surface area contributed by atoms with Crippen molar-refractivity contribution in [3.05, 3.63) is 38.3 Å². The van der Waals surface area contributed by atoms with E-state index in [1.54, 1.807) is 31.3 Å². The van der Waals surface area contributed by atoms with Gasteiger partial charge in [0.1, 0.15) is 0 Å². The Kier molecular flexibility index (Phi) is 2.12. The van der Waals surface area contributed by atoms with Crippen molar-refractivity contribution in [2.75, 3.05) is 0 Å². The van der Waals surface area contributed by atoms with Gasteiger partial charge in [-0.3, -0.25) is 0 Å². The van der Waals surface area contributed by atoms with Gasteiger partial charge in [0.2, 0.25) is 0 Å². The third-order valence-corrected chi connectivity index (χ3v) is 5.24. The van der Waals surface area contributed by atoms with E-state index in [1.807, 2.05) is 17.5 Å². The van der Waals surface area contributed by atoms with E-state index in [1.165, 1.54) is 0 Å². The maximum absolute atomic E-state index is 11.7. The van der Waals surface area contributed by atoms with E-state index in [0.29, 0.717) is 9.81 Å². The molecule has 0 radical (unpaired) electrons. The molecule has 0 bridgehead atoms. The fourth-order valence-electron chi connectivity index (χ4n) is 1.45. The molecule has 2 nitrogen and oxygen atoms in total. The van der Waals surface area contributed by atoms with Crippen LogP contribution in [0, 0.1) is 0 Å². The zero-order valence-corrected chi connectivity index (χ0v) is 9.58. The third kappa shape index (κ3) is 1.26. The molecule has 0 saturated heterocycles. The molecule has 1 aliphatic heterocycles. The van der Waals surface area contributed by atoms with Crippen LogP contribution in [0.2, 0.25) is 0 Å². The van der Waals surface area contributed by atoms with Crippen molar-refractivity contribution >= 4 is 26.7 Å². The molecule has 1 aromatic heterocycles. The number of allylic oxidation sites excluding steroid dienone is 4. The topological polar surface area (TPSA) is 34.1 Å². The van der Waals surface area contributed by atoms with Gasteiger partial charge in [0, 0.05) is 15.4 Å². The Bertz CT molecular complexity index is 516. The molecule has 0 N–H and O–H groups in total. The second-order valence-corrected chi connectivity index (χ2v) is 6.42. The number of rotatable bonds is 1. The Balaban J connectivity index is 2.65. The Hall–Kier alpha value is -0.870. The first-order valence-corrected chi connectivity index (χ1v) is 6.58. The zero-order chi connectivity index (χ0) is 10.3. The number of hydrogen-bond donors (Lipinski definition) is 0. The monoisotopic (exact) mass is 226 g/mol. The van der Waals surface area contributed by atoms with Crippen molar-refractivity contribution in [3.8, 4) is 0 Å². The number of hydrogen-bond acceptors (Lipinski definition) is 3. The van der Waals surface area contributed by atoms with Crippen LogP contribution < -0.4 is 0 Å². The van der Waals surface area contributed by atoms with Crippen molar-refractivity contribution in [1.82, 2.24) is 0 Å². The first kappa shape index (κ1) is 9.68. The highest BCUT2D eigenvalue weighted by atomic mass is 32.2. The summed E-state index contributed by atoms with van der Waals surface area (Å²) in [6.45, 7) is 3.30. The minimum atomic E-state index is -3.13. The zero-order valence-electron chi connectivity index (χ0n) is 7.94. The van der Waals surface area contributed by atoms with E-state index in [4.69, 9.17) is 0 Å². The fourth-order valence-corrected chi connectivity index (χ4v) is 3.52. The summed E-state index contributed by atoms with van der Waals surface area (Å²) in [5.74, 6) is 0. The summed E-state index contributed by atoms with van der Waals surface area (Å²) < 4.78 is 23.4. The number of thiophene rings is 1. The van der Waals surface area contributed by atoms with Crippen molar-refractivity contribution in [2.24, 2.45) is 0 Å². The lowest BCUT2D eigenvalue weighted by molar-refractivity contribution is 0.608. The van der Waals surface area contributed by atoms with Crippen LogP contribution in [0.3, 0.4) is 0 Å². The van der Waals surface area contributed by atoms with Crippen LogP contribution in [0.5, 0.6) is 0 Å². The largest absolute Gasteiger partial charge is 0.219 e. The Morgan fingerprint density at radius 1 is 1.29 bits per heavy atom. The van der Waals surface area contributed by atoms with Crippen LogP contribution in [-0.2, 0) is 9.84 Å².